The van der Waals surface area contributed by atoms with Gasteiger partial charge in [0.15, 0.2) is 0 Å². The molecule has 0 bridgehead atoms. The molecule has 0 spiro atoms. The van der Waals surface area contributed by atoms with E-state index in [1.807, 2.05) is 0 Å². The van der Waals surface area contributed by atoms with Gasteiger partial charge in [-0.15, -0.1) is 0 Å². The molecule has 0 aromatic heterocycles. The van der Waals surface area contributed by atoms with Gasteiger partial charge >= 0.3 is 31.3 Å². The van der Waals surface area contributed by atoms with Gasteiger partial charge in [0.05, 0.1) is 0 Å². The van der Waals surface area contributed by atoms with E-state index < -0.39 is 31.3 Å². The van der Waals surface area contributed by atoms with Crippen molar-refractivity contribution in [2.75, 3.05) is 0 Å². The van der Waals surface area contributed by atoms with Gasteiger partial charge in [0.2, 0.25) is 0 Å². The van der Waals surface area contributed by atoms with Crippen molar-refractivity contribution >= 4 is 20.2 Å². The van der Waals surface area contributed by atoms with Crippen LogP contribution in [0.4, 0.5) is 26.3 Å². The fourth-order valence-corrected chi connectivity index (χ4v) is 0. The molecule has 0 atom stereocenters. The Morgan fingerprint density at radius 3 is 0.706 bits per heavy atom. The van der Waals surface area contributed by atoms with Crippen molar-refractivity contribution in [1.29, 1.82) is 0 Å². The van der Waals surface area contributed by atoms with Gasteiger partial charge in [-0.25, -0.2) is 0 Å². The summed E-state index contributed by atoms with van der Waals surface area (Å²) in [6.07, 6.45) is 0. The number of hydrogen-bond donors (Lipinski definition) is 2. The van der Waals surface area contributed by atoms with E-state index in [0.29, 0.717) is 0 Å². The standard InChI is InChI=1S/2CHF3O3S.Co/c2*2-1(3,4)8(5,6)7;/h2*(H,5,6,7);. The number of halogens is 6. The first-order valence-electron chi connectivity index (χ1n) is 2.57. The van der Waals surface area contributed by atoms with Crippen molar-refractivity contribution in [2.45, 2.75) is 11.0 Å². The zero-order valence-electron chi connectivity index (χ0n) is 6.95. The quantitative estimate of drug-likeness (QED) is 0.376. The average Bonchev–Trinajstić information content (AvgIpc) is 1.77. The van der Waals surface area contributed by atoms with Crippen LogP contribution in [-0.2, 0) is 37.0 Å². The molecule has 0 aliphatic carbocycles. The fourth-order valence-electron chi connectivity index (χ4n) is 0. The van der Waals surface area contributed by atoms with Crippen LogP contribution >= 0.6 is 0 Å². The molecule has 0 saturated heterocycles. The van der Waals surface area contributed by atoms with Gasteiger partial charge < -0.3 is 0 Å². The zero-order valence-corrected chi connectivity index (χ0v) is 9.62. The second-order valence-electron chi connectivity index (χ2n) is 1.84. The van der Waals surface area contributed by atoms with Gasteiger partial charge in [-0.3, -0.25) is 9.11 Å². The van der Waals surface area contributed by atoms with Crippen LogP contribution in [0.3, 0.4) is 0 Å². The molecule has 0 aromatic rings. The fraction of sp³-hybridized carbons (Fsp3) is 1.00. The third-order valence-corrected chi connectivity index (χ3v) is 1.75. The van der Waals surface area contributed by atoms with Gasteiger partial charge in [-0.2, -0.15) is 43.2 Å². The molecule has 1 radical (unpaired) electrons. The molecule has 0 aromatic carbocycles. The summed E-state index contributed by atoms with van der Waals surface area (Å²) in [7, 11) is -11.7. The first kappa shape index (κ1) is 22.1. The van der Waals surface area contributed by atoms with Crippen LogP contribution in [0.15, 0.2) is 0 Å². The van der Waals surface area contributed by atoms with Crippen molar-refractivity contribution in [3.63, 3.8) is 0 Å². The van der Waals surface area contributed by atoms with Crippen molar-refractivity contribution in [1.82, 2.24) is 0 Å². The molecular weight excluding hydrogens is 357 g/mol. The molecule has 0 aliphatic rings. The van der Waals surface area contributed by atoms with E-state index in [0.717, 1.165) is 0 Å². The van der Waals surface area contributed by atoms with E-state index in [4.69, 9.17) is 25.9 Å². The summed E-state index contributed by atoms with van der Waals surface area (Å²) in [6, 6.07) is 0. The van der Waals surface area contributed by atoms with Crippen LogP contribution in [0.1, 0.15) is 0 Å². The van der Waals surface area contributed by atoms with Crippen LogP contribution in [0.25, 0.3) is 0 Å². The van der Waals surface area contributed by atoms with E-state index in [-0.39, 0.29) is 16.8 Å². The molecule has 0 aliphatic heterocycles. The van der Waals surface area contributed by atoms with Gasteiger partial charge in [-0.1, -0.05) is 0 Å². The van der Waals surface area contributed by atoms with E-state index in [2.05, 4.69) is 0 Å². The Bertz CT molecular complexity index is 374. The molecule has 109 valence electrons. The molecule has 15 heteroatoms. The van der Waals surface area contributed by atoms with Crippen LogP contribution in [-0.4, -0.2) is 37.0 Å². The summed E-state index contributed by atoms with van der Waals surface area (Å²) in [4.78, 5) is 0. The molecule has 0 rings (SSSR count). The first-order chi connectivity index (χ1) is 6.50. The number of rotatable bonds is 0. The summed E-state index contributed by atoms with van der Waals surface area (Å²) in [5.41, 5.74) is -11.1. The van der Waals surface area contributed by atoms with Gasteiger partial charge in [-0.05, 0) is 0 Å². The first-order valence-corrected chi connectivity index (χ1v) is 5.45. The predicted molar refractivity (Wildman–Crippen MR) is 35.2 cm³/mol. The van der Waals surface area contributed by atoms with Crippen LogP contribution in [0, 0.1) is 0 Å². The molecule has 6 nitrogen and oxygen atoms in total. The van der Waals surface area contributed by atoms with Gasteiger partial charge in [0.25, 0.3) is 0 Å². The third kappa shape index (κ3) is 9.59. The molecule has 0 amide bonds. The second-order valence-corrected chi connectivity index (χ2v) is 4.67. The largest absolute Gasteiger partial charge is 0.522 e. The molecule has 0 fully saturated rings. The smallest absolute Gasteiger partial charge is 0.279 e. The maximum atomic E-state index is 10.7. The normalized spacial score (nSPS) is 13.2. The Hall–Kier alpha value is -0.0935. The Labute approximate surface area is 101 Å². The average molecular weight is 359 g/mol. The molecule has 2 N–H and O–H groups in total. The summed E-state index contributed by atoms with van der Waals surface area (Å²) < 4.78 is 115. The van der Waals surface area contributed by atoms with E-state index in [1.165, 1.54) is 0 Å². The van der Waals surface area contributed by atoms with Crippen molar-refractivity contribution in [2.24, 2.45) is 0 Å². The second kappa shape index (κ2) is 6.18. The van der Waals surface area contributed by atoms with Crippen LogP contribution in [0.5, 0.6) is 0 Å². The number of hydrogen-bond acceptors (Lipinski definition) is 4. The maximum Gasteiger partial charge on any atom is 0.522 e. The Morgan fingerprint density at radius 1 is 0.647 bits per heavy atom. The predicted octanol–water partition coefficient (Wildman–Crippen LogP) is 0.786. The van der Waals surface area contributed by atoms with Crippen LogP contribution in [0.2, 0.25) is 0 Å². The minimum absolute atomic E-state index is 0. The minimum Gasteiger partial charge on any atom is -0.279 e. The van der Waals surface area contributed by atoms with E-state index in [1.54, 1.807) is 0 Å². The van der Waals surface area contributed by atoms with Crippen molar-refractivity contribution < 1.29 is 69.1 Å². The van der Waals surface area contributed by atoms with E-state index >= 15 is 0 Å². The Morgan fingerprint density at radius 2 is 0.706 bits per heavy atom. The molecule has 17 heavy (non-hydrogen) atoms. The molecule has 0 unspecified atom stereocenters. The summed E-state index contributed by atoms with van der Waals surface area (Å²) in [5.74, 6) is 0. The van der Waals surface area contributed by atoms with Crippen LogP contribution < -0.4 is 0 Å². The van der Waals surface area contributed by atoms with E-state index in [9.17, 15) is 26.3 Å². The molecular formula is C2H2CoF6O6S2. The van der Waals surface area contributed by atoms with Gasteiger partial charge in [0, 0.05) is 16.8 Å². The zero-order chi connectivity index (χ0) is 14.0. The Balaban J connectivity index is -0.000000218. The van der Waals surface area contributed by atoms with Crippen molar-refractivity contribution in [3.8, 4) is 0 Å². The topological polar surface area (TPSA) is 109 Å². The SMILES string of the molecule is O=S(=O)(O)C(F)(F)F.O=S(=O)(O)C(F)(F)F.[Co]. The summed E-state index contributed by atoms with van der Waals surface area (Å²) >= 11 is 0. The minimum atomic E-state index is -5.84. The molecule has 0 heterocycles. The van der Waals surface area contributed by atoms with Crippen molar-refractivity contribution in [3.05, 3.63) is 0 Å². The maximum absolute atomic E-state index is 10.7. The Kier molecular flexibility index (Phi) is 8.05. The molecule has 0 saturated carbocycles. The number of alkyl halides is 6. The summed E-state index contributed by atoms with van der Waals surface area (Å²) in [5, 5.41) is 0. The summed E-state index contributed by atoms with van der Waals surface area (Å²) in [6.45, 7) is 0. The monoisotopic (exact) mass is 359 g/mol. The third-order valence-electron chi connectivity index (χ3n) is 0.585. The van der Waals surface area contributed by atoms with Gasteiger partial charge in [0.1, 0.15) is 0 Å².